The van der Waals surface area contributed by atoms with Crippen LogP contribution in [0.4, 0.5) is 23.4 Å². The van der Waals surface area contributed by atoms with Crippen LogP contribution in [0.25, 0.3) is 28.3 Å². The SMILES string of the molecule is O=CNc1cn2nc(-c3c(-c4ccc(F)cc4)nc4n3CCN(C(=O)CCC(F)(F)F)C4)ccc2n1. The first-order chi connectivity index (χ1) is 17.2. The van der Waals surface area contributed by atoms with Gasteiger partial charge in [0.2, 0.25) is 12.3 Å². The van der Waals surface area contributed by atoms with E-state index in [1.807, 2.05) is 4.57 Å². The molecule has 0 aliphatic carbocycles. The molecule has 0 fully saturated rings. The molecule has 1 N–H and O–H groups in total. The van der Waals surface area contributed by atoms with E-state index in [0.717, 1.165) is 0 Å². The van der Waals surface area contributed by atoms with E-state index in [0.29, 0.717) is 46.3 Å². The number of amides is 2. The summed E-state index contributed by atoms with van der Waals surface area (Å²) >= 11 is 0. The lowest BCUT2D eigenvalue weighted by molar-refractivity contribution is -0.149. The molecule has 0 saturated heterocycles. The van der Waals surface area contributed by atoms with E-state index in [-0.39, 0.29) is 19.6 Å². The topological polar surface area (TPSA) is 97.4 Å². The number of anilines is 1. The van der Waals surface area contributed by atoms with Crippen LogP contribution in [0.1, 0.15) is 18.7 Å². The van der Waals surface area contributed by atoms with Gasteiger partial charge in [0.1, 0.15) is 17.3 Å². The van der Waals surface area contributed by atoms with Crippen LogP contribution >= 0.6 is 0 Å². The molecule has 0 atom stereocenters. The molecule has 1 aliphatic rings. The number of benzene rings is 1. The van der Waals surface area contributed by atoms with Gasteiger partial charge in [0.15, 0.2) is 11.5 Å². The minimum absolute atomic E-state index is 0.0333. The van der Waals surface area contributed by atoms with Crippen LogP contribution in [-0.2, 0) is 22.7 Å². The third-order valence-electron chi connectivity index (χ3n) is 5.83. The van der Waals surface area contributed by atoms with Crippen molar-refractivity contribution in [2.75, 3.05) is 11.9 Å². The molecule has 1 aliphatic heterocycles. The van der Waals surface area contributed by atoms with Crippen molar-refractivity contribution in [1.29, 1.82) is 0 Å². The third-order valence-corrected chi connectivity index (χ3v) is 5.83. The standard InChI is InChI=1S/C23H19F4N7O2/c24-15-3-1-14(2-4-15)21-22(16-5-6-18-29-17(28-13-35)11-34(18)31-16)33-10-9-32(12-19(33)30-21)20(36)7-8-23(25,26)27/h1-6,11,13H,7-10,12H2,(H,28,35). The summed E-state index contributed by atoms with van der Waals surface area (Å²) in [7, 11) is 0. The maximum atomic E-state index is 13.6. The number of fused-ring (bicyclic) bond motifs is 2. The van der Waals surface area contributed by atoms with Crippen LogP contribution in [0.15, 0.2) is 42.6 Å². The monoisotopic (exact) mass is 501 g/mol. The van der Waals surface area contributed by atoms with Gasteiger partial charge in [0, 0.05) is 25.1 Å². The Morgan fingerprint density at radius 3 is 2.58 bits per heavy atom. The number of halogens is 4. The average Bonchev–Trinajstić information content (AvgIpc) is 3.42. The molecule has 0 spiro atoms. The number of carbonyl (C=O) groups excluding carboxylic acids is 2. The van der Waals surface area contributed by atoms with Gasteiger partial charge in [-0.15, -0.1) is 0 Å². The Labute approximate surface area is 201 Å². The van der Waals surface area contributed by atoms with E-state index in [2.05, 4.69) is 20.4 Å². The summed E-state index contributed by atoms with van der Waals surface area (Å²) < 4.78 is 54.7. The first-order valence-electron chi connectivity index (χ1n) is 11.0. The molecule has 2 amide bonds. The number of imidazole rings is 2. The predicted molar refractivity (Wildman–Crippen MR) is 120 cm³/mol. The highest BCUT2D eigenvalue weighted by atomic mass is 19.4. The first kappa shape index (κ1) is 23.5. The zero-order valence-electron chi connectivity index (χ0n) is 18.7. The fourth-order valence-electron chi connectivity index (χ4n) is 4.16. The van der Waals surface area contributed by atoms with Crippen LogP contribution < -0.4 is 5.32 Å². The summed E-state index contributed by atoms with van der Waals surface area (Å²) in [5.74, 6) is -0.220. The van der Waals surface area contributed by atoms with Gasteiger partial charge in [0.25, 0.3) is 0 Å². The Bertz CT molecular complexity index is 1440. The van der Waals surface area contributed by atoms with Gasteiger partial charge in [0.05, 0.1) is 30.6 Å². The van der Waals surface area contributed by atoms with Crippen molar-refractivity contribution < 1.29 is 27.2 Å². The molecule has 0 unspecified atom stereocenters. The van der Waals surface area contributed by atoms with Crippen molar-refractivity contribution >= 4 is 23.8 Å². The number of nitrogens with zero attached hydrogens (tertiary/aromatic N) is 6. The first-order valence-corrected chi connectivity index (χ1v) is 11.0. The lowest BCUT2D eigenvalue weighted by Gasteiger charge is -2.28. The van der Waals surface area contributed by atoms with E-state index in [1.54, 1.807) is 30.5 Å². The molecule has 9 nitrogen and oxygen atoms in total. The summed E-state index contributed by atoms with van der Waals surface area (Å²) in [5, 5.41) is 7.07. The van der Waals surface area contributed by atoms with Crippen LogP contribution in [0.2, 0.25) is 0 Å². The number of hydrogen-bond acceptors (Lipinski definition) is 5. The molecule has 3 aromatic heterocycles. The highest BCUT2D eigenvalue weighted by molar-refractivity contribution is 5.79. The number of alkyl halides is 3. The highest BCUT2D eigenvalue weighted by Gasteiger charge is 2.32. The molecular weight excluding hydrogens is 482 g/mol. The second-order valence-corrected chi connectivity index (χ2v) is 8.22. The minimum Gasteiger partial charge on any atom is -0.333 e. The van der Waals surface area contributed by atoms with Crippen LogP contribution in [-0.4, -0.2) is 54.1 Å². The Hall–Kier alpha value is -4.29. The second-order valence-electron chi connectivity index (χ2n) is 8.22. The largest absolute Gasteiger partial charge is 0.389 e. The van der Waals surface area contributed by atoms with Crippen LogP contribution in [0.3, 0.4) is 0 Å². The fourth-order valence-corrected chi connectivity index (χ4v) is 4.16. The molecular formula is C23H19F4N7O2. The second kappa shape index (κ2) is 9.06. The number of rotatable bonds is 6. The van der Waals surface area contributed by atoms with Crippen LogP contribution in [0.5, 0.6) is 0 Å². The molecule has 4 heterocycles. The summed E-state index contributed by atoms with van der Waals surface area (Å²) in [6, 6.07) is 9.18. The normalized spacial score (nSPS) is 13.6. The highest BCUT2D eigenvalue weighted by Crippen LogP contribution is 2.34. The van der Waals surface area contributed by atoms with Crippen molar-refractivity contribution in [3.05, 3.63) is 54.2 Å². The third kappa shape index (κ3) is 4.63. The Morgan fingerprint density at radius 1 is 1.08 bits per heavy atom. The smallest absolute Gasteiger partial charge is 0.333 e. The molecule has 0 bridgehead atoms. The lowest BCUT2D eigenvalue weighted by atomic mass is 10.1. The predicted octanol–water partition coefficient (Wildman–Crippen LogP) is 3.65. The quantitative estimate of drug-likeness (QED) is 0.321. The average molecular weight is 501 g/mol. The minimum atomic E-state index is -4.41. The van der Waals surface area contributed by atoms with Gasteiger partial charge in [-0.3, -0.25) is 9.59 Å². The van der Waals surface area contributed by atoms with E-state index >= 15 is 0 Å². The molecule has 36 heavy (non-hydrogen) atoms. The number of aromatic nitrogens is 5. The van der Waals surface area contributed by atoms with Crippen molar-refractivity contribution in [2.24, 2.45) is 0 Å². The summed E-state index contributed by atoms with van der Waals surface area (Å²) in [4.78, 5) is 33.5. The Balaban J connectivity index is 1.54. The summed E-state index contributed by atoms with van der Waals surface area (Å²) in [5.41, 5.74) is 2.71. The Morgan fingerprint density at radius 2 is 1.86 bits per heavy atom. The maximum Gasteiger partial charge on any atom is 0.389 e. The molecule has 0 saturated carbocycles. The van der Waals surface area contributed by atoms with Gasteiger partial charge in [-0.2, -0.15) is 18.3 Å². The fraction of sp³-hybridized carbons (Fsp3) is 0.261. The molecule has 186 valence electrons. The van der Waals surface area contributed by atoms with Gasteiger partial charge < -0.3 is 14.8 Å². The molecule has 5 rings (SSSR count). The summed E-state index contributed by atoms with van der Waals surface area (Å²) in [6.45, 7) is 0.528. The van der Waals surface area contributed by atoms with Gasteiger partial charge >= 0.3 is 6.18 Å². The molecule has 4 aromatic rings. The number of nitrogens with one attached hydrogen (secondary N) is 1. The van der Waals surface area contributed by atoms with Crippen molar-refractivity contribution in [1.82, 2.24) is 29.0 Å². The number of carbonyl (C=O) groups is 2. The van der Waals surface area contributed by atoms with E-state index in [9.17, 15) is 27.2 Å². The zero-order valence-corrected chi connectivity index (χ0v) is 18.7. The number of hydrogen-bond donors (Lipinski definition) is 1. The van der Waals surface area contributed by atoms with Crippen LogP contribution in [0, 0.1) is 5.82 Å². The van der Waals surface area contributed by atoms with Gasteiger partial charge in [-0.05, 0) is 36.4 Å². The van der Waals surface area contributed by atoms with Gasteiger partial charge in [-0.1, -0.05) is 0 Å². The van der Waals surface area contributed by atoms with Crippen molar-refractivity contribution in [3.8, 4) is 22.6 Å². The Kier molecular flexibility index (Phi) is 5.90. The van der Waals surface area contributed by atoms with E-state index < -0.39 is 30.7 Å². The van der Waals surface area contributed by atoms with E-state index in [4.69, 9.17) is 0 Å². The van der Waals surface area contributed by atoms with Crippen molar-refractivity contribution in [2.45, 2.75) is 32.1 Å². The summed E-state index contributed by atoms with van der Waals surface area (Å²) in [6.07, 6.45) is -4.17. The van der Waals surface area contributed by atoms with E-state index in [1.165, 1.54) is 21.5 Å². The molecule has 13 heteroatoms. The zero-order chi connectivity index (χ0) is 25.4. The lowest BCUT2D eigenvalue weighted by Crippen LogP contribution is -2.39. The van der Waals surface area contributed by atoms with Gasteiger partial charge in [-0.25, -0.2) is 18.9 Å². The molecule has 0 radical (unpaired) electrons. The molecule has 1 aromatic carbocycles. The maximum absolute atomic E-state index is 13.6. The van der Waals surface area contributed by atoms with Crippen molar-refractivity contribution in [3.63, 3.8) is 0 Å².